The highest BCUT2D eigenvalue weighted by atomic mass is 79.9. The number of benzene rings is 2. The third-order valence-corrected chi connectivity index (χ3v) is 4.49. The Bertz CT molecular complexity index is 911. The second-order valence-corrected chi connectivity index (χ2v) is 8.30. The van der Waals surface area contributed by atoms with E-state index < -0.39 is 11.8 Å². The molecule has 8 heteroatoms. The number of hydrogen-bond acceptors (Lipinski definition) is 4. The average molecular weight is 476 g/mol. The van der Waals surface area contributed by atoms with Gasteiger partial charge in [-0.15, -0.1) is 0 Å². The molecule has 3 N–H and O–H groups in total. The first kappa shape index (κ1) is 23.4. The minimum absolute atomic E-state index is 0.00943. The van der Waals surface area contributed by atoms with Crippen LogP contribution in [0.1, 0.15) is 54.8 Å². The zero-order valence-electron chi connectivity index (χ0n) is 17.4. The van der Waals surface area contributed by atoms with Gasteiger partial charge in [-0.2, -0.15) is 0 Å². The molecule has 0 aliphatic rings. The Hall–Kier alpha value is -2.87. The first-order valence-electron chi connectivity index (χ1n) is 9.62. The molecule has 160 valence electrons. The number of carbonyl (C=O) groups excluding carboxylic acids is 3. The fraction of sp³-hybridized carbons (Fsp3) is 0.318. The lowest BCUT2D eigenvalue weighted by atomic mass is 10.1. The molecule has 0 bridgehead atoms. The van der Waals surface area contributed by atoms with Crippen LogP contribution >= 0.6 is 15.9 Å². The number of hydrogen-bond donors (Lipinski definition) is 3. The minimum atomic E-state index is -0.470. The molecule has 0 heterocycles. The molecular formula is C22H26BrN3O4. The zero-order valence-corrected chi connectivity index (χ0v) is 19.0. The summed E-state index contributed by atoms with van der Waals surface area (Å²) >= 11 is 3.38. The highest BCUT2D eigenvalue weighted by molar-refractivity contribution is 9.10. The van der Waals surface area contributed by atoms with Gasteiger partial charge in [-0.05, 0) is 78.2 Å². The Morgan fingerprint density at radius 1 is 0.900 bits per heavy atom. The molecule has 7 nitrogen and oxygen atoms in total. The largest absolute Gasteiger partial charge is 0.490 e. The molecule has 0 unspecified atom stereocenters. The lowest BCUT2D eigenvalue weighted by Gasteiger charge is -2.13. The molecule has 0 radical (unpaired) electrons. The lowest BCUT2D eigenvalue weighted by Crippen LogP contribution is -2.41. The van der Waals surface area contributed by atoms with E-state index in [0.717, 1.165) is 0 Å². The topological polar surface area (TPSA) is 96.5 Å². The van der Waals surface area contributed by atoms with Gasteiger partial charge in [-0.1, -0.05) is 13.8 Å². The van der Waals surface area contributed by atoms with Crippen molar-refractivity contribution < 1.29 is 19.1 Å². The second-order valence-electron chi connectivity index (χ2n) is 7.44. The number of hydrazine groups is 1. The molecule has 0 aromatic heterocycles. The van der Waals surface area contributed by atoms with Crippen molar-refractivity contribution in [3.63, 3.8) is 0 Å². The van der Waals surface area contributed by atoms with Crippen LogP contribution in [-0.4, -0.2) is 23.8 Å². The molecular weight excluding hydrogens is 450 g/mol. The van der Waals surface area contributed by atoms with Crippen LogP contribution in [0.25, 0.3) is 0 Å². The molecule has 3 amide bonds. The summed E-state index contributed by atoms with van der Waals surface area (Å²) in [6.07, 6.45) is 0.435. The monoisotopic (exact) mass is 475 g/mol. The van der Waals surface area contributed by atoms with E-state index in [2.05, 4.69) is 32.1 Å². The summed E-state index contributed by atoms with van der Waals surface area (Å²) in [5.74, 6) is -0.116. The number of nitrogens with one attached hydrogen (secondary N) is 3. The Kier molecular flexibility index (Phi) is 8.41. The second kappa shape index (κ2) is 10.8. The molecule has 0 spiro atoms. The number of ether oxygens (including phenoxy) is 1. The number of halogens is 1. The Morgan fingerprint density at radius 3 is 2.00 bits per heavy atom. The molecule has 0 aliphatic heterocycles. The van der Waals surface area contributed by atoms with Crippen LogP contribution in [0.5, 0.6) is 5.75 Å². The van der Waals surface area contributed by atoms with Crippen molar-refractivity contribution in [3.8, 4) is 5.75 Å². The average Bonchev–Trinajstić information content (AvgIpc) is 2.67. The fourth-order valence-corrected chi connectivity index (χ4v) is 3.01. The fourth-order valence-electron chi connectivity index (χ4n) is 2.54. The van der Waals surface area contributed by atoms with Crippen LogP contribution in [-0.2, 0) is 4.79 Å². The van der Waals surface area contributed by atoms with Crippen molar-refractivity contribution >= 4 is 39.3 Å². The molecule has 30 heavy (non-hydrogen) atoms. The normalized spacial score (nSPS) is 10.6. The smallest absolute Gasteiger partial charge is 0.269 e. The summed E-state index contributed by atoms with van der Waals surface area (Å²) in [7, 11) is 0. The predicted molar refractivity (Wildman–Crippen MR) is 119 cm³/mol. The van der Waals surface area contributed by atoms with Gasteiger partial charge in [0.25, 0.3) is 11.8 Å². The third kappa shape index (κ3) is 7.18. The van der Waals surface area contributed by atoms with Gasteiger partial charge in [0.1, 0.15) is 5.75 Å². The van der Waals surface area contributed by atoms with E-state index in [0.29, 0.717) is 33.5 Å². The zero-order chi connectivity index (χ0) is 22.3. The summed E-state index contributed by atoms with van der Waals surface area (Å²) < 4.78 is 6.26. The van der Waals surface area contributed by atoms with Crippen LogP contribution in [0.4, 0.5) is 5.69 Å². The van der Waals surface area contributed by atoms with Crippen LogP contribution in [0.2, 0.25) is 0 Å². The summed E-state index contributed by atoms with van der Waals surface area (Å²) in [5.41, 5.74) is 6.08. The standard InChI is InChI=1S/C22H26BrN3O4/c1-13(2)11-20(27)24-17-8-5-15(6-9-17)21(28)25-26-22(29)16-7-10-19(18(23)12-16)30-14(3)4/h5-10,12-14H,11H2,1-4H3,(H,24,27)(H,25,28)(H,26,29). The van der Waals surface area contributed by atoms with Crippen molar-refractivity contribution in [3.05, 3.63) is 58.1 Å². The van der Waals surface area contributed by atoms with E-state index in [-0.39, 0.29) is 17.9 Å². The summed E-state index contributed by atoms with van der Waals surface area (Å²) in [6, 6.07) is 11.3. The van der Waals surface area contributed by atoms with Crippen LogP contribution < -0.4 is 20.9 Å². The van der Waals surface area contributed by atoms with E-state index in [1.165, 1.54) is 0 Å². The Labute approximate surface area is 184 Å². The maximum atomic E-state index is 12.3. The molecule has 0 fully saturated rings. The summed E-state index contributed by atoms with van der Waals surface area (Å²) in [4.78, 5) is 36.4. The van der Waals surface area contributed by atoms with E-state index in [1.807, 2.05) is 27.7 Å². The summed E-state index contributed by atoms with van der Waals surface area (Å²) in [5, 5.41) is 2.78. The van der Waals surface area contributed by atoms with Crippen molar-refractivity contribution in [2.75, 3.05) is 5.32 Å². The van der Waals surface area contributed by atoms with Crippen molar-refractivity contribution in [1.82, 2.24) is 10.9 Å². The first-order chi connectivity index (χ1) is 14.2. The van der Waals surface area contributed by atoms with Gasteiger partial charge in [0.05, 0.1) is 10.6 Å². The lowest BCUT2D eigenvalue weighted by molar-refractivity contribution is -0.116. The quantitative estimate of drug-likeness (QED) is 0.520. The molecule has 0 saturated carbocycles. The van der Waals surface area contributed by atoms with E-state index in [9.17, 15) is 14.4 Å². The van der Waals surface area contributed by atoms with E-state index in [1.54, 1.807) is 42.5 Å². The minimum Gasteiger partial charge on any atom is -0.490 e. The van der Waals surface area contributed by atoms with E-state index in [4.69, 9.17) is 4.74 Å². The molecule has 2 aromatic carbocycles. The van der Waals surface area contributed by atoms with Gasteiger partial charge in [-0.25, -0.2) is 0 Å². The molecule has 2 rings (SSSR count). The highest BCUT2D eigenvalue weighted by Crippen LogP contribution is 2.26. The Morgan fingerprint density at radius 2 is 1.47 bits per heavy atom. The maximum Gasteiger partial charge on any atom is 0.269 e. The molecule has 2 aromatic rings. The first-order valence-corrected chi connectivity index (χ1v) is 10.4. The molecule has 0 aliphatic carbocycles. The van der Waals surface area contributed by atoms with E-state index >= 15 is 0 Å². The Balaban J connectivity index is 1.91. The third-order valence-electron chi connectivity index (χ3n) is 3.87. The number of anilines is 1. The number of carbonyl (C=O) groups is 3. The van der Waals surface area contributed by atoms with Crippen LogP contribution in [0.15, 0.2) is 46.9 Å². The van der Waals surface area contributed by atoms with Crippen molar-refractivity contribution in [2.24, 2.45) is 5.92 Å². The van der Waals surface area contributed by atoms with Crippen LogP contribution in [0, 0.1) is 5.92 Å². The van der Waals surface area contributed by atoms with Gasteiger partial charge in [0.15, 0.2) is 0 Å². The predicted octanol–water partition coefficient (Wildman–Crippen LogP) is 4.30. The van der Waals surface area contributed by atoms with Gasteiger partial charge in [0, 0.05) is 23.2 Å². The van der Waals surface area contributed by atoms with Gasteiger partial charge >= 0.3 is 0 Å². The SMILES string of the molecule is CC(C)CC(=O)Nc1ccc(C(=O)NNC(=O)c2ccc(OC(C)C)c(Br)c2)cc1. The van der Waals surface area contributed by atoms with Crippen molar-refractivity contribution in [1.29, 1.82) is 0 Å². The highest BCUT2D eigenvalue weighted by Gasteiger charge is 2.12. The van der Waals surface area contributed by atoms with Gasteiger partial charge < -0.3 is 10.1 Å². The number of amides is 3. The van der Waals surface area contributed by atoms with Crippen LogP contribution in [0.3, 0.4) is 0 Å². The summed E-state index contributed by atoms with van der Waals surface area (Å²) in [6.45, 7) is 7.76. The van der Waals surface area contributed by atoms with Crippen molar-refractivity contribution in [2.45, 2.75) is 40.2 Å². The van der Waals surface area contributed by atoms with Gasteiger partial charge in [-0.3, -0.25) is 25.2 Å². The number of rotatable bonds is 7. The maximum absolute atomic E-state index is 12.3. The van der Waals surface area contributed by atoms with Gasteiger partial charge in [0.2, 0.25) is 5.91 Å². The molecule has 0 atom stereocenters. The molecule has 0 saturated heterocycles.